The van der Waals surface area contributed by atoms with Crippen molar-refractivity contribution in [1.29, 1.82) is 0 Å². The highest BCUT2D eigenvalue weighted by molar-refractivity contribution is 7.07. The van der Waals surface area contributed by atoms with Gasteiger partial charge in [0.15, 0.2) is 0 Å². The number of piperazine rings is 1. The molecule has 0 radical (unpaired) electrons. The number of rotatable bonds is 4. The molecule has 9 heteroatoms. The number of amides is 2. The zero-order chi connectivity index (χ0) is 15.6. The Morgan fingerprint density at radius 1 is 1.48 bits per heavy atom. The van der Waals surface area contributed by atoms with E-state index in [1.54, 1.807) is 12.3 Å². The highest BCUT2D eigenvalue weighted by atomic mass is 32.1. The Bertz CT molecular complexity index is 635. The molecule has 0 bridgehead atoms. The van der Waals surface area contributed by atoms with Crippen LogP contribution in [0, 0.1) is 6.92 Å². The predicted octanol–water partition coefficient (Wildman–Crippen LogP) is -0.980. The molecular formula is C12H15N3O5S. The minimum Gasteiger partial charge on any atom is -0.481 e. The number of nitrogens with one attached hydrogen (secondary N) is 1. The number of thiazole rings is 1. The lowest BCUT2D eigenvalue weighted by Gasteiger charge is -2.34. The molecule has 1 aliphatic heterocycles. The molecule has 2 amide bonds. The zero-order valence-electron chi connectivity index (χ0n) is 11.4. The fraction of sp³-hybridized carbons (Fsp3) is 0.500. The number of carboxylic acids is 1. The summed E-state index contributed by atoms with van der Waals surface area (Å²) in [6.07, 6.45) is -0.449. The lowest BCUT2D eigenvalue weighted by atomic mass is 10.1. The quantitative estimate of drug-likeness (QED) is 0.742. The van der Waals surface area contributed by atoms with Crippen molar-refractivity contribution in [1.82, 2.24) is 14.8 Å². The second-order valence-electron chi connectivity index (χ2n) is 4.72. The van der Waals surface area contributed by atoms with Gasteiger partial charge in [-0.25, -0.2) is 0 Å². The van der Waals surface area contributed by atoms with Gasteiger partial charge >= 0.3 is 10.8 Å². The Morgan fingerprint density at radius 3 is 2.76 bits per heavy atom. The summed E-state index contributed by atoms with van der Waals surface area (Å²) in [5.74, 6) is -2.06. The number of aromatic nitrogens is 1. The van der Waals surface area contributed by atoms with E-state index >= 15 is 0 Å². The van der Waals surface area contributed by atoms with Crippen LogP contribution < -0.4 is 10.2 Å². The third-order valence-electron chi connectivity index (χ3n) is 3.29. The van der Waals surface area contributed by atoms with Gasteiger partial charge in [-0.15, -0.1) is 0 Å². The molecule has 1 atom stereocenters. The number of hydrogen-bond donors (Lipinski definition) is 2. The Labute approximate surface area is 124 Å². The van der Waals surface area contributed by atoms with Crippen molar-refractivity contribution in [3.8, 4) is 0 Å². The third kappa shape index (κ3) is 3.30. The second-order valence-corrected chi connectivity index (χ2v) is 5.54. The van der Waals surface area contributed by atoms with Gasteiger partial charge in [0.05, 0.1) is 6.42 Å². The lowest BCUT2D eigenvalue weighted by Crippen LogP contribution is -2.58. The van der Waals surface area contributed by atoms with Gasteiger partial charge in [-0.05, 0) is 6.92 Å². The minimum atomic E-state index is -1.15. The topological polar surface area (TPSA) is 109 Å². The number of carbonyl (C=O) groups excluding carboxylic acids is 2. The molecule has 0 aliphatic carbocycles. The van der Waals surface area contributed by atoms with Crippen molar-refractivity contribution in [2.45, 2.75) is 25.9 Å². The predicted molar refractivity (Wildman–Crippen MR) is 74.1 cm³/mol. The Morgan fingerprint density at radius 2 is 2.19 bits per heavy atom. The molecule has 1 fully saturated rings. The van der Waals surface area contributed by atoms with Crippen LogP contribution in [0.25, 0.3) is 0 Å². The van der Waals surface area contributed by atoms with Crippen molar-refractivity contribution in [2.75, 3.05) is 13.1 Å². The largest absolute Gasteiger partial charge is 0.481 e. The highest BCUT2D eigenvalue weighted by Crippen LogP contribution is 2.11. The normalized spacial score (nSPS) is 18.4. The summed E-state index contributed by atoms with van der Waals surface area (Å²) in [6.45, 7) is 2.04. The van der Waals surface area contributed by atoms with Gasteiger partial charge in [0, 0.05) is 24.2 Å². The van der Waals surface area contributed by atoms with E-state index in [2.05, 4.69) is 5.32 Å². The average molecular weight is 313 g/mol. The maximum Gasteiger partial charge on any atom is 0.307 e. The molecular weight excluding hydrogens is 298 g/mol. The maximum absolute atomic E-state index is 12.3. The van der Waals surface area contributed by atoms with E-state index in [4.69, 9.17) is 5.11 Å². The minimum absolute atomic E-state index is 0.183. The molecule has 0 aromatic carbocycles. The molecule has 1 aromatic rings. The number of aliphatic carboxylic acids is 1. The lowest BCUT2D eigenvalue weighted by molar-refractivity contribution is -0.149. The summed E-state index contributed by atoms with van der Waals surface area (Å²) < 4.78 is 1.32. The van der Waals surface area contributed by atoms with Crippen LogP contribution >= 0.6 is 11.3 Å². The van der Waals surface area contributed by atoms with E-state index in [1.165, 1.54) is 9.47 Å². The highest BCUT2D eigenvalue weighted by Gasteiger charge is 2.34. The summed E-state index contributed by atoms with van der Waals surface area (Å²) in [4.78, 5) is 47.5. The number of aryl methyl sites for hydroxylation is 1. The van der Waals surface area contributed by atoms with E-state index in [0.29, 0.717) is 5.69 Å². The Balaban J connectivity index is 2.17. The van der Waals surface area contributed by atoms with Crippen LogP contribution in [0.15, 0.2) is 10.2 Å². The van der Waals surface area contributed by atoms with Gasteiger partial charge in [0.1, 0.15) is 12.6 Å². The Kier molecular flexibility index (Phi) is 4.41. The van der Waals surface area contributed by atoms with E-state index in [0.717, 1.165) is 11.3 Å². The van der Waals surface area contributed by atoms with Crippen LogP contribution in [-0.4, -0.2) is 51.5 Å². The summed E-state index contributed by atoms with van der Waals surface area (Å²) >= 11 is 0.995. The molecule has 2 heterocycles. The molecule has 2 rings (SSSR count). The van der Waals surface area contributed by atoms with Crippen molar-refractivity contribution < 1.29 is 19.5 Å². The first-order chi connectivity index (χ1) is 9.90. The third-order valence-corrected chi connectivity index (χ3v) is 4.17. The van der Waals surface area contributed by atoms with Crippen molar-refractivity contribution in [3.05, 3.63) is 20.7 Å². The van der Waals surface area contributed by atoms with Crippen LogP contribution in [0.5, 0.6) is 0 Å². The van der Waals surface area contributed by atoms with Crippen LogP contribution in [0.1, 0.15) is 12.1 Å². The van der Waals surface area contributed by atoms with Crippen molar-refractivity contribution >= 4 is 29.1 Å². The standard InChI is InChI=1S/C12H15N3O5S/c1-7-6-21-12(20)15(7)5-9(16)14-3-2-13-11(19)8(14)4-10(17)18/h6,8H,2-5H2,1H3,(H,13,19)(H,17,18). The van der Waals surface area contributed by atoms with Gasteiger partial charge in [0.25, 0.3) is 0 Å². The summed E-state index contributed by atoms with van der Waals surface area (Å²) in [5, 5.41) is 13.0. The first kappa shape index (κ1) is 15.2. The molecule has 0 spiro atoms. The number of nitrogens with zero attached hydrogens (tertiary/aromatic N) is 2. The molecule has 1 unspecified atom stereocenters. The van der Waals surface area contributed by atoms with Crippen LogP contribution in [0.3, 0.4) is 0 Å². The molecule has 21 heavy (non-hydrogen) atoms. The van der Waals surface area contributed by atoms with E-state index < -0.39 is 30.2 Å². The van der Waals surface area contributed by atoms with Gasteiger partial charge in [-0.2, -0.15) is 0 Å². The van der Waals surface area contributed by atoms with E-state index in [-0.39, 0.29) is 24.5 Å². The van der Waals surface area contributed by atoms with E-state index in [1.807, 2.05) is 0 Å². The molecule has 114 valence electrons. The first-order valence-corrected chi connectivity index (χ1v) is 7.22. The number of carboxylic acid groups (broad SMARTS) is 1. The van der Waals surface area contributed by atoms with Crippen molar-refractivity contribution in [3.63, 3.8) is 0 Å². The molecule has 1 saturated heterocycles. The smallest absolute Gasteiger partial charge is 0.307 e. The van der Waals surface area contributed by atoms with Crippen molar-refractivity contribution in [2.24, 2.45) is 0 Å². The second kappa shape index (κ2) is 6.08. The van der Waals surface area contributed by atoms with Crippen LogP contribution in [-0.2, 0) is 20.9 Å². The Hall–Kier alpha value is -2.16. The zero-order valence-corrected chi connectivity index (χ0v) is 12.2. The fourth-order valence-electron chi connectivity index (χ4n) is 2.20. The van der Waals surface area contributed by atoms with Gasteiger partial charge in [0.2, 0.25) is 11.8 Å². The van der Waals surface area contributed by atoms with Gasteiger partial charge in [-0.1, -0.05) is 11.3 Å². The first-order valence-electron chi connectivity index (χ1n) is 6.34. The molecule has 0 saturated carbocycles. The molecule has 1 aromatic heterocycles. The van der Waals surface area contributed by atoms with Crippen LogP contribution in [0.4, 0.5) is 0 Å². The summed E-state index contributed by atoms with van der Waals surface area (Å²) in [6, 6.07) is -1.03. The SMILES string of the molecule is Cc1csc(=O)n1CC(=O)N1CCNC(=O)C1CC(=O)O. The monoisotopic (exact) mass is 313 g/mol. The molecule has 8 nitrogen and oxygen atoms in total. The summed E-state index contributed by atoms with van der Waals surface area (Å²) in [5.41, 5.74) is 0.662. The van der Waals surface area contributed by atoms with E-state index in [9.17, 15) is 19.2 Å². The number of carbonyl (C=O) groups is 3. The van der Waals surface area contributed by atoms with Crippen LogP contribution in [0.2, 0.25) is 0 Å². The number of hydrogen-bond acceptors (Lipinski definition) is 5. The maximum atomic E-state index is 12.3. The molecule has 2 N–H and O–H groups in total. The van der Waals surface area contributed by atoms with Gasteiger partial charge < -0.3 is 15.3 Å². The van der Waals surface area contributed by atoms with Gasteiger partial charge in [-0.3, -0.25) is 23.7 Å². The summed E-state index contributed by atoms with van der Waals surface area (Å²) in [7, 11) is 0. The average Bonchev–Trinajstić information content (AvgIpc) is 2.72. The fourth-order valence-corrected chi connectivity index (χ4v) is 2.94. The molecule has 1 aliphatic rings.